The lowest BCUT2D eigenvalue weighted by Gasteiger charge is -2.21. The van der Waals surface area contributed by atoms with Crippen LogP contribution in [0.25, 0.3) is 10.4 Å². The van der Waals surface area contributed by atoms with Gasteiger partial charge in [-0.2, -0.15) is 0 Å². The Bertz CT molecular complexity index is 932. The van der Waals surface area contributed by atoms with Crippen LogP contribution in [-0.2, 0) is 17.9 Å². The fourth-order valence-electron chi connectivity index (χ4n) is 3.31. The van der Waals surface area contributed by atoms with Gasteiger partial charge in [0.25, 0.3) is 5.91 Å². The second kappa shape index (κ2) is 8.63. The quantitative estimate of drug-likeness (QED) is 0.504. The van der Waals surface area contributed by atoms with Crippen LogP contribution in [0.5, 0.6) is 5.75 Å². The number of rotatable bonds is 8. The minimum absolute atomic E-state index is 0.0183. The Labute approximate surface area is 168 Å². The number of carbonyl (C=O) groups is 1. The molecular weight excluding hydrogens is 374 g/mol. The molecule has 3 heterocycles. The van der Waals surface area contributed by atoms with Crippen molar-refractivity contribution in [2.24, 2.45) is 0 Å². The maximum atomic E-state index is 13.3. The summed E-state index contributed by atoms with van der Waals surface area (Å²) in [5, 5.41) is 0. The summed E-state index contributed by atoms with van der Waals surface area (Å²) >= 11 is 1.54. The first-order chi connectivity index (χ1) is 13.8. The Kier molecular flexibility index (Phi) is 5.78. The maximum absolute atomic E-state index is 13.3. The van der Waals surface area contributed by atoms with Crippen molar-refractivity contribution in [1.29, 1.82) is 0 Å². The fourth-order valence-corrected chi connectivity index (χ4v) is 4.47. The molecular formula is C22H23NO4S. The highest BCUT2D eigenvalue weighted by Crippen LogP contribution is 2.42. The largest absolute Gasteiger partial charge is 0.488 e. The monoisotopic (exact) mass is 397 g/mol. The third-order valence-electron chi connectivity index (χ3n) is 4.67. The molecule has 1 aliphatic heterocycles. The highest BCUT2D eigenvalue weighted by atomic mass is 32.1. The molecule has 0 radical (unpaired) electrons. The van der Waals surface area contributed by atoms with E-state index in [9.17, 15) is 4.79 Å². The zero-order valence-corrected chi connectivity index (χ0v) is 16.7. The molecule has 1 amide bonds. The van der Waals surface area contributed by atoms with Crippen LogP contribution in [0.4, 0.5) is 0 Å². The van der Waals surface area contributed by atoms with Crippen molar-refractivity contribution in [3.63, 3.8) is 0 Å². The number of amides is 1. The van der Waals surface area contributed by atoms with Crippen molar-refractivity contribution in [3.05, 3.63) is 64.9 Å². The van der Waals surface area contributed by atoms with Gasteiger partial charge in [0.1, 0.15) is 18.1 Å². The SMILES string of the molecule is CCOCCCN(Cc1ccco1)C(=O)c1cc2c(s1)-c1ccccc1OC2. The smallest absolute Gasteiger partial charge is 0.264 e. The normalized spacial score (nSPS) is 12.2. The molecule has 1 aromatic carbocycles. The van der Waals surface area contributed by atoms with E-state index >= 15 is 0 Å². The molecule has 5 nitrogen and oxygen atoms in total. The van der Waals surface area contributed by atoms with Crippen LogP contribution in [0.1, 0.15) is 34.3 Å². The number of thiophene rings is 1. The molecule has 0 saturated heterocycles. The van der Waals surface area contributed by atoms with E-state index in [1.54, 1.807) is 6.26 Å². The average Bonchev–Trinajstić information content (AvgIpc) is 3.39. The summed E-state index contributed by atoms with van der Waals surface area (Å²) < 4.78 is 16.7. The van der Waals surface area contributed by atoms with Crippen LogP contribution in [0.15, 0.2) is 53.1 Å². The number of nitrogens with zero attached hydrogens (tertiary/aromatic N) is 1. The Balaban J connectivity index is 1.56. The number of benzene rings is 1. The average molecular weight is 397 g/mol. The third-order valence-corrected chi connectivity index (χ3v) is 5.87. The molecule has 6 heteroatoms. The molecule has 0 unspecified atom stereocenters. The topological polar surface area (TPSA) is 51.9 Å². The van der Waals surface area contributed by atoms with Gasteiger partial charge in [-0.1, -0.05) is 12.1 Å². The molecule has 0 saturated carbocycles. The zero-order valence-electron chi connectivity index (χ0n) is 15.8. The van der Waals surface area contributed by atoms with Crippen LogP contribution in [-0.4, -0.2) is 30.6 Å². The Morgan fingerprint density at radius 3 is 2.96 bits per heavy atom. The predicted octanol–water partition coefficient (Wildman–Crippen LogP) is 4.97. The summed E-state index contributed by atoms with van der Waals surface area (Å²) in [6.07, 6.45) is 2.42. The van der Waals surface area contributed by atoms with Crippen LogP contribution >= 0.6 is 11.3 Å². The van der Waals surface area contributed by atoms with Crippen LogP contribution in [0.3, 0.4) is 0 Å². The highest BCUT2D eigenvalue weighted by molar-refractivity contribution is 7.17. The first kappa shape index (κ1) is 18.8. The van der Waals surface area contributed by atoms with Crippen molar-refractivity contribution in [3.8, 4) is 16.2 Å². The van der Waals surface area contributed by atoms with Gasteiger partial charge in [0.2, 0.25) is 0 Å². The third kappa shape index (κ3) is 3.98. The van der Waals surface area contributed by atoms with Crippen molar-refractivity contribution in [1.82, 2.24) is 4.90 Å². The van der Waals surface area contributed by atoms with E-state index in [-0.39, 0.29) is 5.91 Å². The van der Waals surface area contributed by atoms with E-state index in [2.05, 4.69) is 0 Å². The van der Waals surface area contributed by atoms with Gasteiger partial charge in [-0.05, 0) is 43.7 Å². The van der Waals surface area contributed by atoms with Gasteiger partial charge in [0.15, 0.2) is 0 Å². The minimum Gasteiger partial charge on any atom is -0.488 e. The van der Waals surface area contributed by atoms with Crippen molar-refractivity contribution in [2.45, 2.75) is 26.5 Å². The second-order valence-electron chi connectivity index (χ2n) is 6.61. The number of carbonyl (C=O) groups excluding carboxylic acids is 1. The number of ether oxygens (including phenoxy) is 2. The lowest BCUT2D eigenvalue weighted by molar-refractivity contribution is 0.0704. The van der Waals surface area contributed by atoms with E-state index < -0.39 is 0 Å². The van der Waals surface area contributed by atoms with E-state index in [1.165, 1.54) is 11.3 Å². The standard InChI is InChI=1S/C22H23NO4S/c1-2-25-11-6-10-23(14-17-7-5-12-26-17)22(24)20-13-16-15-27-19-9-4-3-8-18(19)21(16)28-20/h3-5,7-9,12-13H,2,6,10-11,14-15H2,1H3. The molecule has 0 N–H and O–H groups in total. The van der Waals surface area contributed by atoms with E-state index in [1.807, 2.05) is 54.3 Å². The summed E-state index contributed by atoms with van der Waals surface area (Å²) in [5.74, 6) is 1.67. The maximum Gasteiger partial charge on any atom is 0.264 e. The summed E-state index contributed by atoms with van der Waals surface area (Å²) in [6, 6.07) is 13.7. The predicted molar refractivity (Wildman–Crippen MR) is 109 cm³/mol. The molecule has 0 bridgehead atoms. The van der Waals surface area contributed by atoms with Gasteiger partial charge < -0.3 is 18.8 Å². The summed E-state index contributed by atoms with van der Waals surface area (Å²) in [6.45, 7) is 4.87. The number of hydrogen-bond donors (Lipinski definition) is 0. The van der Waals surface area contributed by atoms with Crippen LogP contribution in [0, 0.1) is 0 Å². The number of fused-ring (bicyclic) bond motifs is 3. The molecule has 0 aliphatic carbocycles. The van der Waals surface area contributed by atoms with Gasteiger partial charge in [-0.25, -0.2) is 0 Å². The molecule has 0 atom stereocenters. The molecule has 2 aromatic heterocycles. The van der Waals surface area contributed by atoms with Gasteiger partial charge >= 0.3 is 0 Å². The second-order valence-corrected chi connectivity index (χ2v) is 7.66. The summed E-state index contributed by atoms with van der Waals surface area (Å²) in [4.78, 5) is 17.0. The zero-order chi connectivity index (χ0) is 19.3. The van der Waals surface area contributed by atoms with Crippen molar-refractivity contribution in [2.75, 3.05) is 19.8 Å². The van der Waals surface area contributed by atoms with Crippen LogP contribution in [0.2, 0.25) is 0 Å². The number of hydrogen-bond acceptors (Lipinski definition) is 5. The lowest BCUT2D eigenvalue weighted by Crippen LogP contribution is -2.31. The van der Waals surface area contributed by atoms with Gasteiger partial charge in [0, 0.05) is 35.8 Å². The highest BCUT2D eigenvalue weighted by Gasteiger charge is 2.25. The molecule has 28 heavy (non-hydrogen) atoms. The summed E-state index contributed by atoms with van der Waals surface area (Å²) in [5.41, 5.74) is 2.13. The van der Waals surface area contributed by atoms with E-state index in [4.69, 9.17) is 13.9 Å². The number of para-hydroxylation sites is 1. The first-order valence-electron chi connectivity index (χ1n) is 9.50. The molecule has 3 aromatic rings. The molecule has 4 rings (SSSR count). The lowest BCUT2D eigenvalue weighted by atomic mass is 10.1. The van der Waals surface area contributed by atoms with E-state index in [0.717, 1.165) is 38.8 Å². The van der Waals surface area contributed by atoms with Crippen LogP contribution < -0.4 is 4.74 Å². The molecule has 146 valence electrons. The van der Waals surface area contributed by atoms with Gasteiger partial charge in [-0.15, -0.1) is 11.3 Å². The van der Waals surface area contributed by atoms with Crippen molar-refractivity contribution < 1.29 is 18.7 Å². The summed E-state index contributed by atoms with van der Waals surface area (Å²) in [7, 11) is 0. The van der Waals surface area contributed by atoms with Gasteiger partial charge in [0.05, 0.1) is 17.7 Å². The van der Waals surface area contributed by atoms with Gasteiger partial charge in [-0.3, -0.25) is 4.79 Å². The molecule has 0 spiro atoms. The minimum atomic E-state index is 0.0183. The Hall–Kier alpha value is -2.57. The van der Waals surface area contributed by atoms with E-state index in [0.29, 0.717) is 32.9 Å². The fraction of sp³-hybridized carbons (Fsp3) is 0.318. The Morgan fingerprint density at radius 2 is 2.14 bits per heavy atom. The first-order valence-corrected chi connectivity index (χ1v) is 10.3. The molecule has 1 aliphatic rings. The number of furan rings is 1. The molecule has 0 fully saturated rings. The van der Waals surface area contributed by atoms with Crippen molar-refractivity contribution >= 4 is 17.2 Å². The Morgan fingerprint density at radius 1 is 1.25 bits per heavy atom.